The Morgan fingerprint density at radius 2 is 1.46 bits per heavy atom. The molecule has 1 fully saturated rings. The molecule has 0 unspecified atom stereocenters. The molecule has 1 heterocycles. The molecular weight excluding hydrogens is 568 g/mol. The van der Waals surface area contributed by atoms with Gasteiger partial charge in [0.25, 0.3) is 0 Å². The van der Waals surface area contributed by atoms with Crippen LogP contribution in [0.1, 0.15) is 31.7 Å². The van der Waals surface area contributed by atoms with Crippen molar-refractivity contribution in [2.24, 2.45) is 17.8 Å². The van der Waals surface area contributed by atoms with Crippen LogP contribution in [-0.4, -0.2) is 96.4 Å². The van der Waals surface area contributed by atoms with E-state index in [1.54, 1.807) is 38.4 Å². The highest BCUT2D eigenvalue weighted by molar-refractivity contribution is 5.85. The lowest BCUT2D eigenvalue weighted by molar-refractivity contribution is -0.237. The first kappa shape index (κ1) is 35.4. The summed E-state index contributed by atoms with van der Waals surface area (Å²) in [5.74, 6) is -7.10. The third-order valence-electron chi connectivity index (χ3n) is 6.46. The standard InChI is InChI=1S/C26H36N2O12.ClH/c1-15(29)37-14-21-19(11-23(32)33)18(10-22(30)31)20(12-24(34)35)25(40-21)39-17-6-4-16(5-7-17)13-38-26(36)28(3)9-8-27-2;/h4-7,18-21,25,27H,8-14H2,1-3H3,(H,30,31)(H,32,33)(H,34,35);1H/t18-,19-,20+,21-,25+;/m0./s1. The van der Waals surface area contributed by atoms with Crippen molar-refractivity contribution in [1.82, 2.24) is 10.2 Å². The Bertz CT molecular complexity index is 1040. The van der Waals surface area contributed by atoms with Crippen LogP contribution >= 0.6 is 12.4 Å². The number of hydrogen-bond donors (Lipinski definition) is 4. The molecule has 0 aliphatic carbocycles. The lowest BCUT2D eigenvalue weighted by Crippen LogP contribution is -2.53. The SMILES string of the molecule is CNCCN(C)C(=O)OCc1ccc(O[C@@H]2O[C@@H](COC(C)=O)[C@@H](CC(=O)O)[C@H](CC(=O)O)[C@H]2CC(=O)O)cc1.Cl. The monoisotopic (exact) mass is 604 g/mol. The minimum atomic E-state index is -1.28. The zero-order valence-electron chi connectivity index (χ0n) is 23.0. The molecule has 1 aliphatic heterocycles. The van der Waals surface area contributed by atoms with Crippen LogP contribution in [-0.2, 0) is 40.0 Å². The van der Waals surface area contributed by atoms with Crippen molar-refractivity contribution in [2.75, 3.05) is 33.8 Å². The normalized spacial score (nSPS) is 21.6. The van der Waals surface area contributed by atoms with Gasteiger partial charge in [-0.3, -0.25) is 19.2 Å². The molecule has 0 radical (unpaired) electrons. The van der Waals surface area contributed by atoms with E-state index >= 15 is 0 Å². The number of carboxylic acid groups (broad SMARTS) is 3. The minimum absolute atomic E-state index is 0. The molecule has 4 N–H and O–H groups in total. The molecule has 0 spiro atoms. The third-order valence-corrected chi connectivity index (χ3v) is 6.46. The maximum Gasteiger partial charge on any atom is 0.409 e. The number of nitrogens with one attached hydrogen (secondary N) is 1. The molecule has 2 rings (SSSR count). The molecule has 14 nitrogen and oxygen atoms in total. The van der Waals surface area contributed by atoms with Gasteiger partial charge >= 0.3 is 30.0 Å². The first-order valence-corrected chi connectivity index (χ1v) is 12.6. The Morgan fingerprint density at radius 1 is 0.902 bits per heavy atom. The zero-order chi connectivity index (χ0) is 29.8. The van der Waals surface area contributed by atoms with E-state index in [-0.39, 0.29) is 31.4 Å². The zero-order valence-corrected chi connectivity index (χ0v) is 23.8. The molecule has 1 amide bonds. The number of likely N-dealkylation sites (N-methyl/N-ethyl adjacent to an activating group) is 2. The summed E-state index contributed by atoms with van der Waals surface area (Å²) in [4.78, 5) is 60.0. The van der Waals surface area contributed by atoms with Crippen molar-refractivity contribution in [3.63, 3.8) is 0 Å². The van der Waals surface area contributed by atoms with Crippen LogP contribution in [0.4, 0.5) is 4.79 Å². The maximum absolute atomic E-state index is 12.1. The topological polar surface area (TPSA) is 198 Å². The Morgan fingerprint density at radius 3 is 2.00 bits per heavy atom. The van der Waals surface area contributed by atoms with Gasteiger partial charge in [-0.1, -0.05) is 12.1 Å². The molecule has 1 aromatic rings. The van der Waals surface area contributed by atoms with Gasteiger partial charge in [0, 0.05) is 45.3 Å². The highest BCUT2D eigenvalue weighted by Crippen LogP contribution is 2.42. The fourth-order valence-electron chi connectivity index (χ4n) is 4.51. The summed E-state index contributed by atoms with van der Waals surface area (Å²) in [5, 5.41) is 31.5. The summed E-state index contributed by atoms with van der Waals surface area (Å²) in [6.07, 6.45) is -4.45. The number of ether oxygens (including phenoxy) is 4. The minimum Gasteiger partial charge on any atom is -0.481 e. The number of carbonyl (C=O) groups excluding carboxylic acids is 2. The molecule has 0 aromatic heterocycles. The van der Waals surface area contributed by atoms with E-state index in [0.29, 0.717) is 18.7 Å². The smallest absolute Gasteiger partial charge is 0.409 e. The number of carboxylic acids is 3. The molecule has 5 atom stereocenters. The summed E-state index contributed by atoms with van der Waals surface area (Å²) in [6.45, 7) is 1.86. The lowest BCUT2D eigenvalue weighted by Gasteiger charge is -2.45. The number of benzene rings is 1. The van der Waals surface area contributed by atoms with Gasteiger partial charge in [0.05, 0.1) is 18.9 Å². The third kappa shape index (κ3) is 11.8. The molecule has 15 heteroatoms. The second-order valence-corrected chi connectivity index (χ2v) is 9.47. The molecule has 0 saturated carbocycles. The second kappa shape index (κ2) is 17.3. The molecule has 1 saturated heterocycles. The molecule has 230 valence electrons. The number of hydrogen-bond acceptors (Lipinski definition) is 10. The van der Waals surface area contributed by atoms with Crippen molar-refractivity contribution >= 4 is 42.4 Å². The van der Waals surface area contributed by atoms with Crippen molar-refractivity contribution in [3.05, 3.63) is 29.8 Å². The number of amides is 1. The number of halogens is 1. The van der Waals surface area contributed by atoms with E-state index < -0.39 is 79.4 Å². The summed E-state index contributed by atoms with van der Waals surface area (Å²) in [7, 11) is 3.38. The van der Waals surface area contributed by atoms with Gasteiger partial charge in [-0.05, 0) is 30.7 Å². The van der Waals surface area contributed by atoms with Crippen molar-refractivity contribution < 1.29 is 58.2 Å². The van der Waals surface area contributed by atoms with E-state index in [1.165, 1.54) is 4.90 Å². The van der Waals surface area contributed by atoms with E-state index in [2.05, 4.69) is 5.32 Å². The highest BCUT2D eigenvalue weighted by atomic mass is 35.5. The number of aliphatic carboxylic acids is 3. The Balaban J connectivity index is 0.00000840. The predicted octanol–water partition coefficient (Wildman–Crippen LogP) is 1.84. The van der Waals surface area contributed by atoms with Crippen LogP contribution in [0, 0.1) is 17.8 Å². The fraction of sp³-hybridized carbons (Fsp3) is 0.577. The average Bonchev–Trinajstić information content (AvgIpc) is 2.88. The van der Waals surface area contributed by atoms with Gasteiger partial charge in [-0.15, -0.1) is 12.4 Å². The first-order valence-electron chi connectivity index (χ1n) is 12.6. The van der Waals surface area contributed by atoms with Gasteiger partial charge in [0.15, 0.2) is 0 Å². The van der Waals surface area contributed by atoms with E-state index in [9.17, 15) is 39.3 Å². The fourth-order valence-corrected chi connectivity index (χ4v) is 4.51. The highest BCUT2D eigenvalue weighted by Gasteiger charge is 2.49. The number of rotatable bonds is 15. The molecule has 1 aromatic carbocycles. The second-order valence-electron chi connectivity index (χ2n) is 9.47. The molecule has 0 bridgehead atoms. The van der Waals surface area contributed by atoms with E-state index in [1.807, 2.05) is 0 Å². The predicted molar refractivity (Wildman–Crippen MR) is 144 cm³/mol. The quantitative estimate of drug-likeness (QED) is 0.212. The Kier molecular flexibility index (Phi) is 14.9. The molecule has 41 heavy (non-hydrogen) atoms. The molecular formula is C26H37ClN2O12. The number of carbonyl (C=O) groups is 5. The average molecular weight is 605 g/mol. The summed E-state index contributed by atoms with van der Waals surface area (Å²) in [5.41, 5.74) is 0.646. The van der Waals surface area contributed by atoms with E-state index in [4.69, 9.17) is 18.9 Å². The van der Waals surface area contributed by atoms with Crippen LogP contribution < -0.4 is 10.1 Å². The summed E-state index contributed by atoms with van der Waals surface area (Å²) >= 11 is 0. The van der Waals surface area contributed by atoms with Gasteiger partial charge < -0.3 is 44.5 Å². The Hall–Kier alpha value is -3.62. The van der Waals surface area contributed by atoms with Crippen molar-refractivity contribution in [3.8, 4) is 5.75 Å². The van der Waals surface area contributed by atoms with E-state index in [0.717, 1.165) is 6.92 Å². The van der Waals surface area contributed by atoms with Crippen molar-refractivity contribution in [1.29, 1.82) is 0 Å². The first-order chi connectivity index (χ1) is 18.9. The molecule has 1 aliphatic rings. The van der Waals surface area contributed by atoms with Crippen LogP contribution in [0.3, 0.4) is 0 Å². The lowest BCUT2D eigenvalue weighted by atomic mass is 9.71. The summed E-state index contributed by atoms with van der Waals surface area (Å²) < 4.78 is 22.2. The van der Waals surface area contributed by atoms with Crippen molar-refractivity contribution in [2.45, 2.75) is 45.2 Å². The Labute approximate surface area is 243 Å². The number of esters is 1. The van der Waals surface area contributed by atoms with Gasteiger partial charge in [-0.2, -0.15) is 0 Å². The number of nitrogens with zero attached hydrogens (tertiary/aromatic N) is 1. The van der Waals surface area contributed by atoms with Crippen LogP contribution in [0.5, 0.6) is 5.75 Å². The van der Waals surface area contributed by atoms with Gasteiger partial charge in [0.1, 0.15) is 19.0 Å². The maximum atomic E-state index is 12.1. The largest absolute Gasteiger partial charge is 0.481 e. The van der Waals surface area contributed by atoms with Crippen LogP contribution in [0.25, 0.3) is 0 Å². The van der Waals surface area contributed by atoms with Crippen LogP contribution in [0.2, 0.25) is 0 Å². The van der Waals surface area contributed by atoms with Gasteiger partial charge in [-0.25, -0.2) is 4.79 Å². The summed E-state index contributed by atoms with van der Waals surface area (Å²) in [6, 6.07) is 6.35. The van der Waals surface area contributed by atoms with Gasteiger partial charge in [0.2, 0.25) is 6.29 Å². The van der Waals surface area contributed by atoms with Crippen LogP contribution in [0.15, 0.2) is 24.3 Å².